The molecule has 2 rings (SSSR count). The highest BCUT2D eigenvalue weighted by Gasteiger charge is 2.16. The van der Waals surface area contributed by atoms with Crippen molar-refractivity contribution in [2.75, 3.05) is 44.1 Å². The Labute approximate surface area is 85.3 Å². The van der Waals surface area contributed by atoms with Gasteiger partial charge in [0.1, 0.15) is 0 Å². The number of nitrogens with zero attached hydrogens (tertiary/aromatic N) is 2. The van der Waals surface area contributed by atoms with Crippen LogP contribution in [0.1, 0.15) is 0 Å². The van der Waals surface area contributed by atoms with Gasteiger partial charge in [0, 0.05) is 13.1 Å². The van der Waals surface area contributed by atoms with E-state index >= 15 is 0 Å². The molecule has 1 N–H and O–H groups in total. The molecule has 0 aliphatic carbocycles. The molecule has 0 unspecified atom stereocenters. The topological polar surface area (TPSA) is 18.5 Å². The maximum atomic E-state index is 3.38. The smallest absolute Gasteiger partial charge is 0.0878 e. The Bertz CT molecular complexity index is 309. The van der Waals surface area contributed by atoms with Crippen LogP contribution < -0.4 is 10.2 Å². The number of rotatable bonds is 3. The maximum absolute atomic E-state index is 3.38. The predicted molar refractivity (Wildman–Crippen MR) is 60.8 cm³/mol. The van der Waals surface area contributed by atoms with Gasteiger partial charge < -0.3 is 15.1 Å². The summed E-state index contributed by atoms with van der Waals surface area (Å²) in [5.74, 6) is 0. The molecule has 3 nitrogen and oxygen atoms in total. The summed E-state index contributed by atoms with van der Waals surface area (Å²) in [7, 11) is 4.21. The Hall–Kier alpha value is -1.22. The zero-order chi connectivity index (χ0) is 9.97. The first-order valence-electron chi connectivity index (χ1n) is 5.00. The summed E-state index contributed by atoms with van der Waals surface area (Å²) < 4.78 is 0. The van der Waals surface area contributed by atoms with Crippen LogP contribution in [0, 0.1) is 0 Å². The molecule has 0 atom stereocenters. The molecule has 0 spiro atoms. The largest absolute Gasteiger partial charge is 0.366 e. The third-order valence-electron chi connectivity index (χ3n) is 2.52. The summed E-state index contributed by atoms with van der Waals surface area (Å²) >= 11 is 0. The first-order valence-corrected chi connectivity index (χ1v) is 5.00. The molecule has 0 amide bonds. The fraction of sp³-hybridized carbons (Fsp3) is 0.455. The monoisotopic (exact) mass is 191 g/mol. The minimum Gasteiger partial charge on any atom is -0.366 e. The predicted octanol–water partition coefficient (Wildman–Crippen LogP) is 1.44. The SMILES string of the molecule is CN(C)CCN1CNc2ccccc21. The standard InChI is InChI=1S/C11H17N3/c1-13(2)7-8-14-9-12-10-5-3-4-6-11(10)14/h3-6,12H,7-9H2,1-2H3. The third kappa shape index (κ3) is 1.82. The molecule has 0 radical (unpaired) electrons. The summed E-state index contributed by atoms with van der Waals surface area (Å²) in [6.45, 7) is 3.11. The lowest BCUT2D eigenvalue weighted by Gasteiger charge is -2.20. The number of hydrogen-bond acceptors (Lipinski definition) is 3. The lowest BCUT2D eigenvalue weighted by atomic mass is 10.2. The molecule has 76 valence electrons. The molecule has 1 aliphatic heterocycles. The highest BCUT2D eigenvalue weighted by molar-refractivity contribution is 5.74. The molecule has 0 saturated carbocycles. The molecule has 14 heavy (non-hydrogen) atoms. The Morgan fingerprint density at radius 1 is 1.36 bits per heavy atom. The zero-order valence-electron chi connectivity index (χ0n) is 8.83. The van der Waals surface area contributed by atoms with E-state index in [-0.39, 0.29) is 0 Å². The zero-order valence-corrected chi connectivity index (χ0v) is 8.83. The van der Waals surface area contributed by atoms with E-state index in [1.165, 1.54) is 11.4 Å². The number of benzene rings is 1. The van der Waals surface area contributed by atoms with Crippen LogP contribution in [0.4, 0.5) is 11.4 Å². The van der Waals surface area contributed by atoms with Crippen molar-refractivity contribution in [3.8, 4) is 0 Å². The maximum Gasteiger partial charge on any atom is 0.0878 e. The Balaban J connectivity index is 2.03. The number of nitrogens with one attached hydrogen (secondary N) is 1. The molecule has 1 aromatic rings. The Morgan fingerprint density at radius 3 is 2.93 bits per heavy atom. The second-order valence-electron chi connectivity index (χ2n) is 3.92. The van der Waals surface area contributed by atoms with E-state index in [0.29, 0.717) is 0 Å². The van der Waals surface area contributed by atoms with Gasteiger partial charge in [0.25, 0.3) is 0 Å². The summed E-state index contributed by atoms with van der Waals surface area (Å²) in [5.41, 5.74) is 2.58. The van der Waals surface area contributed by atoms with Crippen molar-refractivity contribution in [1.82, 2.24) is 4.90 Å². The number of likely N-dealkylation sites (N-methyl/N-ethyl adjacent to an activating group) is 1. The van der Waals surface area contributed by atoms with Crippen LogP contribution in [-0.2, 0) is 0 Å². The van der Waals surface area contributed by atoms with Gasteiger partial charge in [-0.2, -0.15) is 0 Å². The van der Waals surface area contributed by atoms with E-state index in [1.54, 1.807) is 0 Å². The summed E-state index contributed by atoms with van der Waals surface area (Å²) in [5, 5.41) is 3.38. The average Bonchev–Trinajstić information content (AvgIpc) is 2.58. The fourth-order valence-corrected chi connectivity index (χ4v) is 1.68. The van der Waals surface area contributed by atoms with Gasteiger partial charge in [0.05, 0.1) is 18.0 Å². The van der Waals surface area contributed by atoms with Crippen LogP contribution in [0.25, 0.3) is 0 Å². The highest BCUT2D eigenvalue weighted by Crippen LogP contribution is 2.29. The van der Waals surface area contributed by atoms with E-state index in [9.17, 15) is 0 Å². The third-order valence-corrected chi connectivity index (χ3v) is 2.52. The van der Waals surface area contributed by atoms with Gasteiger partial charge in [0.2, 0.25) is 0 Å². The quantitative estimate of drug-likeness (QED) is 0.780. The summed E-state index contributed by atoms with van der Waals surface area (Å²) in [6, 6.07) is 8.46. The minimum absolute atomic E-state index is 0.938. The van der Waals surface area contributed by atoms with Crippen molar-refractivity contribution >= 4 is 11.4 Å². The van der Waals surface area contributed by atoms with E-state index in [1.807, 2.05) is 0 Å². The van der Waals surface area contributed by atoms with Gasteiger partial charge in [-0.15, -0.1) is 0 Å². The van der Waals surface area contributed by atoms with Crippen molar-refractivity contribution in [3.05, 3.63) is 24.3 Å². The fourth-order valence-electron chi connectivity index (χ4n) is 1.68. The van der Waals surface area contributed by atoms with Crippen LogP contribution in [0.3, 0.4) is 0 Å². The molecule has 0 fully saturated rings. The molecular formula is C11H17N3. The number of fused-ring (bicyclic) bond motifs is 1. The normalized spacial score (nSPS) is 14.4. The second kappa shape index (κ2) is 3.88. The van der Waals surface area contributed by atoms with Crippen LogP contribution in [0.2, 0.25) is 0 Å². The molecular weight excluding hydrogens is 174 g/mol. The summed E-state index contributed by atoms with van der Waals surface area (Å²) in [6.07, 6.45) is 0. The van der Waals surface area contributed by atoms with Crippen LogP contribution in [0.15, 0.2) is 24.3 Å². The van der Waals surface area contributed by atoms with E-state index in [0.717, 1.165) is 19.8 Å². The molecule has 0 saturated heterocycles. The van der Waals surface area contributed by atoms with E-state index < -0.39 is 0 Å². The van der Waals surface area contributed by atoms with Crippen molar-refractivity contribution in [1.29, 1.82) is 0 Å². The van der Waals surface area contributed by atoms with E-state index in [2.05, 4.69) is 53.5 Å². The Kier molecular flexibility index (Phi) is 2.59. The number of para-hydroxylation sites is 2. The van der Waals surface area contributed by atoms with Gasteiger partial charge in [-0.25, -0.2) is 0 Å². The Morgan fingerprint density at radius 2 is 2.14 bits per heavy atom. The minimum atomic E-state index is 0.938. The summed E-state index contributed by atoms with van der Waals surface area (Å²) in [4.78, 5) is 4.58. The molecule has 1 aliphatic rings. The van der Waals surface area contributed by atoms with Crippen molar-refractivity contribution in [2.45, 2.75) is 0 Å². The number of hydrogen-bond donors (Lipinski definition) is 1. The van der Waals surface area contributed by atoms with Gasteiger partial charge in [0.15, 0.2) is 0 Å². The van der Waals surface area contributed by atoms with E-state index in [4.69, 9.17) is 0 Å². The average molecular weight is 191 g/mol. The molecule has 1 aromatic carbocycles. The van der Waals surface area contributed by atoms with Gasteiger partial charge in [-0.1, -0.05) is 12.1 Å². The van der Waals surface area contributed by atoms with Gasteiger partial charge >= 0.3 is 0 Å². The van der Waals surface area contributed by atoms with Crippen LogP contribution in [0.5, 0.6) is 0 Å². The van der Waals surface area contributed by atoms with Gasteiger partial charge in [-0.05, 0) is 26.2 Å². The number of anilines is 2. The molecule has 0 bridgehead atoms. The van der Waals surface area contributed by atoms with Crippen LogP contribution in [-0.4, -0.2) is 38.8 Å². The molecule has 0 aromatic heterocycles. The van der Waals surface area contributed by atoms with Crippen molar-refractivity contribution < 1.29 is 0 Å². The first kappa shape index (κ1) is 9.34. The molecule has 1 heterocycles. The van der Waals surface area contributed by atoms with Gasteiger partial charge in [-0.3, -0.25) is 0 Å². The van der Waals surface area contributed by atoms with Crippen molar-refractivity contribution in [2.24, 2.45) is 0 Å². The van der Waals surface area contributed by atoms with Crippen LogP contribution >= 0.6 is 0 Å². The molecule has 3 heteroatoms. The second-order valence-corrected chi connectivity index (χ2v) is 3.92. The lowest BCUT2D eigenvalue weighted by molar-refractivity contribution is 0.415. The van der Waals surface area contributed by atoms with Crippen molar-refractivity contribution in [3.63, 3.8) is 0 Å². The lowest BCUT2D eigenvalue weighted by Crippen LogP contribution is -2.31. The first-order chi connectivity index (χ1) is 6.77. The highest BCUT2D eigenvalue weighted by atomic mass is 15.3.